The Labute approximate surface area is 163 Å². The monoisotopic (exact) mass is 392 g/mol. The summed E-state index contributed by atoms with van der Waals surface area (Å²) in [6, 6.07) is 0. The maximum atomic E-state index is 12.3. The van der Waals surface area contributed by atoms with E-state index >= 15 is 0 Å². The third-order valence-corrected chi connectivity index (χ3v) is 7.09. The first-order valence-corrected chi connectivity index (χ1v) is 10.3. The van der Waals surface area contributed by atoms with Crippen LogP contribution in [0.15, 0.2) is 10.2 Å². The summed E-state index contributed by atoms with van der Waals surface area (Å²) in [6.45, 7) is 0. The molecule has 0 bridgehead atoms. The van der Waals surface area contributed by atoms with Gasteiger partial charge in [-0.2, -0.15) is 10.2 Å². The molecule has 0 radical (unpaired) electrons. The van der Waals surface area contributed by atoms with Gasteiger partial charge in [0.2, 0.25) is 0 Å². The fourth-order valence-electron chi connectivity index (χ4n) is 5.40. The maximum absolute atomic E-state index is 12.3. The van der Waals surface area contributed by atoms with E-state index in [1.807, 2.05) is 0 Å². The van der Waals surface area contributed by atoms with Gasteiger partial charge in [-0.25, -0.2) is 0 Å². The van der Waals surface area contributed by atoms with Gasteiger partial charge in [-0.15, -0.1) is 0 Å². The zero-order valence-electron chi connectivity index (χ0n) is 15.8. The van der Waals surface area contributed by atoms with E-state index in [1.54, 1.807) is 0 Å². The van der Waals surface area contributed by atoms with Crippen LogP contribution in [-0.2, 0) is 9.59 Å². The highest BCUT2D eigenvalue weighted by Gasteiger charge is 2.45. The first-order chi connectivity index (χ1) is 13.3. The Morgan fingerprint density at radius 1 is 0.536 bits per heavy atom. The first kappa shape index (κ1) is 19.8. The largest absolute Gasteiger partial charge is 0.390 e. The Bertz CT molecular complexity index is 659. The molecule has 0 aromatic carbocycles. The number of nitrogens with zero attached hydrogens (tertiary/aromatic N) is 2. The zero-order chi connectivity index (χ0) is 20.0. The molecule has 4 aliphatic rings. The lowest BCUT2D eigenvalue weighted by molar-refractivity contribution is -0.130. The van der Waals surface area contributed by atoms with Crippen LogP contribution in [-0.4, -0.2) is 67.8 Å². The fraction of sp³-hybridized carbons (Fsp3) is 0.800. The molecule has 8 unspecified atom stereocenters. The summed E-state index contributed by atoms with van der Waals surface area (Å²) in [6.07, 6.45) is -0.658. The summed E-state index contributed by atoms with van der Waals surface area (Å²) in [4.78, 5) is 24.5. The zero-order valence-corrected chi connectivity index (χ0v) is 15.8. The maximum Gasteiger partial charge on any atom is 0.137 e. The Balaban J connectivity index is 1.57. The van der Waals surface area contributed by atoms with E-state index in [2.05, 4.69) is 10.2 Å². The molecule has 4 N–H and O–H groups in total. The molecular weight excluding hydrogens is 364 g/mol. The van der Waals surface area contributed by atoms with Crippen LogP contribution >= 0.6 is 0 Å². The fourth-order valence-corrected chi connectivity index (χ4v) is 5.40. The Morgan fingerprint density at radius 2 is 0.857 bits per heavy atom. The Hall–Kier alpha value is -1.48. The highest BCUT2D eigenvalue weighted by molar-refractivity contribution is 6.01. The molecule has 0 heterocycles. The van der Waals surface area contributed by atoms with Gasteiger partial charge in [-0.3, -0.25) is 9.59 Å². The molecule has 0 spiro atoms. The predicted octanol–water partition coefficient (Wildman–Crippen LogP) is 0.00520. The number of carbonyl (C=O) groups excluding carboxylic acids is 2. The second-order valence-electron chi connectivity index (χ2n) is 8.75. The third kappa shape index (κ3) is 3.58. The van der Waals surface area contributed by atoms with Crippen LogP contribution in [0.2, 0.25) is 0 Å². The average molecular weight is 392 g/mol. The third-order valence-electron chi connectivity index (χ3n) is 7.09. The molecule has 0 aliphatic heterocycles. The van der Waals surface area contributed by atoms with Crippen molar-refractivity contribution in [3.05, 3.63) is 0 Å². The topological polar surface area (TPSA) is 140 Å². The SMILES string of the molecule is O=C1CCC(=NN=C2CCC(=O)C3CC(O)C(O)CC23)C2CC(O)C(O)CC12. The van der Waals surface area contributed by atoms with Crippen LogP contribution in [0.1, 0.15) is 51.4 Å². The van der Waals surface area contributed by atoms with Crippen molar-refractivity contribution in [1.82, 2.24) is 0 Å². The number of hydrogen-bond donors (Lipinski definition) is 4. The summed E-state index contributed by atoms with van der Waals surface area (Å²) in [5.41, 5.74) is 1.54. The van der Waals surface area contributed by atoms with Crippen LogP contribution in [0.3, 0.4) is 0 Å². The second kappa shape index (κ2) is 7.74. The minimum atomic E-state index is -0.879. The summed E-state index contributed by atoms with van der Waals surface area (Å²) >= 11 is 0. The molecule has 4 fully saturated rings. The molecule has 4 rings (SSSR count). The molecule has 0 aromatic rings. The average Bonchev–Trinajstić information content (AvgIpc) is 2.66. The van der Waals surface area contributed by atoms with Gasteiger partial charge in [-0.05, 0) is 38.5 Å². The number of rotatable bonds is 1. The number of aliphatic hydroxyl groups excluding tert-OH is 4. The molecule has 0 saturated heterocycles. The van der Waals surface area contributed by atoms with E-state index in [1.165, 1.54) is 0 Å². The van der Waals surface area contributed by atoms with Crippen molar-refractivity contribution in [3.63, 3.8) is 0 Å². The molecule has 8 atom stereocenters. The van der Waals surface area contributed by atoms with Crippen molar-refractivity contribution in [2.24, 2.45) is 33.9 Å². The van der Waals surface area contributed by atoms with Crippen LogP contribution in [0.4, 0.5) is 0 Å². The van der Waals surface area contributed by atoms with E-state index in [-0.39, 0.29) is 48.1 Å². The number of ketones is 2. The minimum Gasteiger partial charge on any atom is -0.390 e. The van der Waals surface area contributed by atoms with E-state index in [4.69, 9.17) is 0 Å². The number of fused-ring (bicyclic) bond motifs is 2. The van der Waals surface area contributed by atoms with Crippen molar-refractivity contribution in [2.45, 2.75) is 75.8 Å². The van der Waals surface area contributed by atoms with Gasteiger partial charge in [0.15, 0.2) is 0 Å². The number of hydrogen-bond acceptors (Lipinski definition) is 8. The molecule has 0 amide bonds. The lowest BCUT2D eigenvalue weighted by Crippen LogP contribution is -2.47. The smallest absolute Gasteiger partial charge is 0.137 e. The summed E-state index contributed by atoms with van der Waals surface area (Å²) in [5, 5.41) is 48.8. The van der Waals surface area contributed by atoms with Gasteiger partial charge < -0.3 is 20.4 Å². The minimum absolute atomic E-state index is 0.107. The van der Waals surface area contributed by atoms with Gasteiger partial charge in [0.05, 0.1) is 24.4 Å². The lowest BCUT2D eigenvalue weighted by atomic mass is 9.67. The second-order valence-corrected chi connectivity index (χ2v) is 8.75. The van der Waals surface area contributed by atoms with Gasteiger partial charge in [0, 0.05) is 47.9 Å². The van der Waals surface area contributed by atoms with Crippen LogP contribution < -0.4 is 0 Å². The van der Waals surface area contributed by atoms with Crippen molar-refractivity contribution < 1.29 is 30.0 Å². The van der Waals surface area contributed by atoms with Gasteiger partial charge in [0.1, 0.15) is 11.6 Å². The van der Waals surface area contributed by atoms with E-state index in [0.29, 0.717) is 38.5 Å². The quantitative estimate of drug-likeness (QED) is 0.463. The van der Waals surface area contributed by atoms with Gasteiger partial charge in [-0.1, -0.05) is 0 Å². The lowest BCUT2D eigenvalue weighted by Gasteiger charge is -2.40. The van der Waals surface area contributed by atoms with Crippen molar-refractivity contribution in [3.8, 4) is 0 Å². The molecule has 8 nitrogen and oxygen atoms in total. The number of Topliss-reactive ketones (excluding diaryl/α,β-unsaturated/α-hetero) is 2. The predicted molar refractivity (Wildman–Crippen MR) is 99.8 cm³/mol. The molecular formula is C20H28N2O6. The first-order valence-electron chi connectivity index (χ1n) is 10.3. The molecule has 4 aliphatic carbocycles. The van der Waals surface area contributed by atoms with Gasteiger partial charge in [0.25, 0.3) is 0 Å². The van der Waals surface area contributed by atoms with Gasteiger partial charge >= 0.3 is 0 Å². The van der Waals surface area contributed by atoms with Crippen molar-refractivity contribution in [2.75, 3.05) is 0 Å². The van der Waals surface area contributed by atoms with E-state index in [9.17, 15) is 30.0 Å². The highest BCUT2D eigenvalue weighted by Crippen LogP contribution is 2.39. The highest BCUT2D eigenvalue weighted by atomic mass is 16.3. The normalized spacial score (nSPS) is 47.1. The number of aliphatic hydroxyl groups is 4. The van der Waals surface area contributed by atoms with Crippen molar-refractivity contribution >= 4 is 23.0 Å². The van der Waals surface area contributed by atoms with Crippen LogP contribution in [0.25, 0.3) is 0 Å². The molecule has 0 aromatic heterocycles. The van der Waals surface area contributed by atoms with Crippen LogP contribution in [0.5, 0.6) is 0 Å². The van der Waals surface area contributed by atoms with Crippen molar-refractivity contribution in [1.29, 1.82) is 0 Å². The number of carbonyl (C=O) groups is 2. The molecule has 8 heteroatoms. The van der Waals surface area contributed by atoms with E-state index in [0.717, 1.165) is 11.4 Å². The Kier molecular flexibility index (Phi) is 5.48. The molecule has 28 heavy (non-hydrogen) atoms. The Morgan fingerprint density at radius 3 is 1.21 bits per heavy atom. The summed E-state index contributed by atoms with van der Waals surface area (Å²) < 4.78 is 0. The molecule has 4 saturated carbocycles. The molecule has 154 valence electrons. The van der Waals surface area contributed by atoms with Crippen LogP contribution in [0, 0.1) is 23.7 Å². The van der Waals surface area contributed by atoms with E-state index < -0.39 is 24.4 Å². The summed E-state index contributed by atoms with van der Waals surface area (Å²) in [5.74, 6) is -0.838. The summed E-state index contributed by atoms with van der Waals surface area (Å²) in [7, 11) is 0. The standard InChI is InChI=1S/C20H28N2O6/c23-15-3-1-13(9-5-17(25)19(27)7-11(9)15)21-22-14-2-4-16(24)12-8-20(28)18(26)6-10(12)14/h9-12,17-20,25-28H,1-8H2.